The lowest BCUT2D eigenvalue weighted by atomic mass is 10.2. The van der Waals surface area contributed by atoms with Crippen LogP contribution in [0.2, 0.25) is 5.02 Å². The van der Waals surface area contributed by atoms with Gasteiger partial charge in [0.05, 0.1) is 17.3 Å². The zero-order chi connectivity index (χ0) is 14.7. The molecule has 0 aliphatic rings. The molecule has 0 saturated heterocycles. The Morgan fingerprint density at radius 2 is 2.10 bits per heavy atom. The van der Waals surface area contributed by atoms with Gasteiger partial charge in [-0.1, -0.05) is 25.4 Å². The van der Waals surface area contributed by atoms with Crippen LogP contribution in [-0.4, -0.2) is 20.8 Å². The molecular weight excluding hydrogens is 272 g/mol. The number of rotatable bonds is 5. The zero-order valence-electron chi connectivity index (χ0n) is 12.4. The molecule has 0 aliphatic carbocycles. The Labute approximate surface area is 125 Å². The molecule has 5 heteroatoms. The third-order valence-electron chi connectivity index (χ3n) is 3.39. The van der Waals surface area contributed by atoms with Gasteiger partial charge in [-0.2, -0.15) is 5.10 Å². The van der Waals surface area contributed by atoms with E-state index < -0.39 is 0 Å². The Morgan fingerprint density at radius 1 is 1.35 bits per heavy atom. The molecule has 1 N–H and O–H groups in total. The van der Waals surface area contributed by atoms with Crippen molar-refractivity contribution in [2.75, 3.05) is 0 Å². The van der Waals surface area contributed by atoms with Gasteiger partial charge in [0.25, 0.3) is 0 Å². The Hall–Kier alpha value is -1.39. The predicted molar refractivity (Wildman–Crippen MR) is 82.0 cm³/mol. The van der Waals surface area contributed by atoms with E-state index in [9.17, 15) is 0 Å². The standard InChI is InChI=1S/C15H21ClN4/c1-10(2)18-7-14-11(3)19-20(12(14)4)9-13-5-6-17-8-15(13)16/h5-6,8,10,18H,7,9H2,1-4H3. The van der Waals surface area contributed by atoms with Crippen LogP contribution in [0.15, 0.2) is 18.5 Å². The number of halogens is 1. The van der Waals surface area contributed by atoms with Crippen LogP contribution in [0.3, 0.4) is 0 Å². The molecule has 0 bridgehead atoms. The van der Waals surface area contributed by atoms with E-state index in [-0.39, 0.29) is 0 Å². The lowest BCUT2D eigenvalue weighted by Crippen LogP contribution is -2.22. The van der Waals surface area contributed by atoms with E-state index in [1.165, 1.54) is 11.3 Å². The van der Waals surface area contributed by atoms with E-state index in [2.05, 4.69) is 43.1 Å². The van der Waals surface area contributed by atoms with Crippen molar-refractivity contribution in [1.29, 1.82) is 0 Å². The van der Waals surface area contributed by atoms with Crippen molar-refractivity contribution < 1.29 is 0 Å². The lowest BCUT2D eigenvalue weighted by molar-refractivity contribution is 0.584. The topological polar surface area (TPSA) is 42.7 Å². The molecule has 0 unspecified atom stereocenters. The maximum absolute atomic E-state index is 6.16. The molecule has 2 rings (SSSR count). The Bertz CT molecular complexity index is 590. The highest BCUT2D eigenvalue weighted by molar-refractivity contribution is 6.31. The summed E-state index contributed by atoms with van der Waals surface area (Å²) in [4.78, 5) is 4.01. The van der Waals surface area contributed by atoms with Gasteiger partial charge in [0.15, 0.2) is 0 Å². The molecule has 108 valence electrons. The molecule has 0 atom stereocenters. The van der Waals surface area contributed by atoms with Crippen molar-refractivity contribution in [3.05, 3.63) is 46.0 Å². The van der Waals surface area contributed by atoms with Crippen LogP contribution < -0.4 is 5.32 Å². The number of aryl methyl sites for hydroxylation is 1. The van der Waals surface area contributed by atoms with Crippen LogP contribution in [0.1, 0.15) is 36.4 Å². The second-order valence-electron chi connectivity index (χ2n) is 5.31. The molecule has 2 aromatic rings. The summed E-state index contributed by atoms with van der Waals surface area (Å²) >= 11 is 6.16. The minimum atomic E-state index is 0.465. The molecule has 4 nitrogen and oxygen atoms in total. The van der Waals surface area contributed by atoms with Gasteiger partial charge in [0.2, 0.25) is 0 Å². The Kier molecular flexibility index (Phi) is 4.78. The van der Waals surface area contributed by atoms with Crippen LogP contribution >= 0.6 is 11.6 Å². The molecule has 0 radical (unpaired) electrons. The fourth-order valence-corrected chi connectivity index (χ4v) is 2.32. The van der Waals surface area contributed by atoms with Crippen LogP contribution in [-0.2, 0) is 13.1 Å². The van der Waals surface area contributed by atoms with Crippen molar-refractivity contribution in [2.24, 2.45) is 0 Å². The second kappa shape index (κ2) is 6.37. The SMILES string of the molecule is Cc1nn(Cc2ccncc2Cl)c(C)c1CNC(C)C. The molecule has 2 heterocycles. The molecule has 0 aromatic carbocycles. The van der Waals surface area contributed by atoms with Gasteiger partial charge in [-0.3, -0.25) is 9.67 Å². The van der Waals surface area contributed by atoms with Gasteiger partial charge in [0, 0.05) is 36.2 Å². The minimum Gasteiger partial charge on any atom is -0.310 e. The maximum atomic E-state index is 6.16. The van der Waals surface area contributed by atoms with Crippen molar-refractivity contribution in [3.8, 4) is 0 Å². The Morgan fingerprint density at radius 3 is 2.75 bits per heavy atom. The smallest absolute Gasteiger partial charge is 0.0678 e. The van der Waals surface area contributed by atoms with E-state index in [1.807, 2.05) is 10.7 Å². The molecule has 0 saturated carbocycles. The summed E-state index contributed by atoms with van der Waals surface area (Å²) in [5, 5.41) is 8.75. The summed E-state index contributed by atoms with van der Waals surface area (Å²) in [6.45, 7) is 9.97. The number of aromatic nitrogens is 3. The average molecular weight is 293 g/mol. The first-order chi connectivity index (χ1) is 9.49. The summed E-state index contributed by atoms with van der Waals surface area (Å²) in [6, 6.07) is 2.40. The molecular formula is C15H21ClN4. The van der Waals surface area contributed by atoms with Gasteiger partial charge in [-0.15, -0.1) is 0 Å². The summed E-state index contributed by atoms with van der Waals surface area (Å²) in [5.74, 6) is 0. The van der Waals surface area contributed by atoms with Crippen molar-refractivity contribution >= 4 is 11.6 Å². The van der Waals surface area contributed by atoms with E-state index >= 15 is 0 Å². The summed E-state index contributed by atoms with van der Waals surface area (Å²) in [6.07, 6.45) is 3.43. The molecule has 2 aromatic heterocycles. The number of nitrogens with zero attached hydrogens (tertiary/aromatic N) is 3. The average Bonchev–Trinajstić information content (AvgIpc) is 2.65. The number of hydrogen-bond donors (Lipinski definition) is 1. The quantitative estimate of drug-likeness (QED) is 0.921. The van der Waals surface area contributed by atoms with E-state index in [0.29, 0.717) is 17.6 Å². The van der Waals surface area contributed by atoms with E-state index in [0.717, 1.165) is 17.8 Å². The van der Waals surface area contributed by atoms with Crippen LogP contribution in [0.5, 0.6) is 0 Å². The van der Waals surface area contributed by atoms with Crippen LogP contribution in [0.4, 0.5) is 0 Å². The summed E-state index contributed by atoms with van der Waals surface area (Å²) < 4.78 is 2.01. The first-order valence-electron chi connectivity index (χ1n) is 6.83. The van der Waals surface area contributed by atoms with E-state index in [1.54, 1.807) is 12.4 Å². The predicted octanol–water partition coefficient (Wildman–Crippen LogP) is 3.09. The summed E-state index contributed by atoms with van der Waals surface area (Å²) in [5.41, 5.74) is 4.56. The fourth-order valence-electron chi connectivity index (χ4n) is 2.14. The van der Waals surface area contributed by atoms with Gasteiger partial charge in [-0.25, -0.2) is 0 Å². The van der Waals surface area contributed by atoms with Crippen molar-refractivity contribution in [2.45, 2.75) is 46.8 Å². The number of pyridine rings is 1. The first kappa shape index (κ1) is 15.0. The van der Waals surface area contributed by atoms with Gasteiger partial charge in [-0.05, 0) is 25.5 Å². The van der Waals surface area contributed by atoms with Gasteiger partial charge in [0.1, 0.15) is 0 Å². The monoisotopic (exact) mass is 292 g/mol. The number of nitrogens with one attached hydrogen (secondary N) is 1. The van der Waals surface area contributed by atoms with Crippen molar-refractivity contribution in [1.82, 2.24) is 20.1 Å². The van der Waals surface area contributed by atoms with Gasteiger partial charge >= 0.3 is 0 Å². The highest BCUT2D eigenvalue weighted by Gasteiger charge is 2.12. The maximum Gasteiger partial charge on any atom is 0.0678 e. The first-order valence-corrected chi connectivity index (χ1v) is 7.21. The zero-order valence-corrected chi connectivity index (χ0v) is 13.2. The lowest BCUT2D eigenvalue weighted by Gasteiger charge is -2.09. The summed E-state index contributed by atoms with van der Waals surface area (Å²) in [7, 11) is 0. The fraction of sp³-hybridized carbons (Fsp3) is 0.467. The molecule has 0 spiro atoms. The van der Waals surface area contributed by atoms with E-state index in [4.69, 9.17) is 11.6 Å². The third-order valence-corrected chi connectivity index (χ3v) is 3.74. The largest absolute Gasteiger partial charge is 0.310 e. The Balaban J connectivity index is 2.21. The molecule has 0 aliphatic heterocycles. The number of hydrogen-bond acceptors (Lipinski definition) is 3. The minimum absolute atomic E-state index is 0.465. The van der Waals surface area contributed by atoms with Crippen LogP contribution in [0.25, 0.3) is 0 Å². The highest BCUT2D eigenvalue weighted by atomic mass is 35.5. The second-order valence-corrected chi connectivity index (χ2v) is 5.72. The molecule has 0 fully saturated rings. The van der Waals surface area contributed by atoms with Crippen LogP contribution in [0, 0.1) is 13.8 Å². The molecule has 0 amide bonds. The van der Waals surface area contributed by atoms with Gasteiger partial charge < -0.3 is 5.32 Å². The third kappa shape index (κ3) is 3.38. The van der Waals surface area contributed by atoms with Crippen molar-refractivity contribution in [3.63, 3.8) is 0 Å². The normalized spacial score (nSPS) is 11.3. The highest BCUT2D eigenvalue weighted by Crippen LogP contribution is 2.18. The molecule has 20 heavy (non-hydrogen) atoms.